The highest BCUT2D eigenvalue weighted by Crippen LogP contribution is 2.28. The summed E-state index contributed by atoms with van der Waals surface area (Å²) in [6.07, 6.45) is 8.31. The van der Waals surface area contributed by atoms with Gasteiger partial charge in [0.25, 0.3) is 0 Å². The minimum absolute atomic E-state index is 0.0867. The van der Waals surface area contributed by atoms with E-state index < -0.39 is 0 Å². The van der Waals surface area contributed by atoms with E-state index in [4.69, 9.17) is 4.42 Å². The van der Waals surface area contributed by atoms with Crippen molar-refractivity contribution >= 4 is 23.3 Å². The van der Waals surface area contributed by atoms with Gasteiger partial charge in [-0.2, -0.15) is 0 Å². The summed E-state index contributed by atoms with van der Waals surface area (Å²) in [5.74, 6) is 0.807. The zero-order chi connectivity index (χ0) is 16.4. The molecule has 0 spiro atoms. The Bertz CT molecular complexity index is 712. The van der Waals surface area contributed by atoms with E-state index in [-0.39, 0.29) is 5.91 Å². The predicted octanol–water partition coefficient (Wildman–Crippen LogP) is 3.40. The number of thiophene rings is 1. The molecule has 0 aliphatic carbocycles. The van der Waals surface area contributed by atoms with Gasteiger partial charge in [-0.3, -0.25) is 9.69 Å². The topological polar surface area (TPSA) is 36.7 Å². The van der Waals surface area contributed by atoms with Gasteiger partial charge in [0, 0.05) is 43.2 Å². The van der Waals surface area contributed by atoms with Crippen LogP contribution in [0.5, 0.6) is 0 Å². The number of fused-ring (bicyclic) bond motifs is 1. The van der Waals surface area contributed by atoms with Crippen LogP contribution >= 0.6 is 11.3 Å². The van der Waals surface area contributed by atoms with Crippen molar-refractivity contribution in [1.82, 2.24) is 9.80 Å². The molecule has 1 saturated heterocycles. The summed E-state index contributed by atoms with van der Waals surface area (Å²) in [6.45, 7) is 3.93. The zero-order valence-corrected chi connectivity index (χ0v) is 14.5. The molecule has 126 valence electrons. The van der Waals surface area contributed by atoms with Crippen LogP contribution in [0.3, 0.4) is 0 Å². The Morgan fingerprint density at radius 2 is 2.12 bits per heavy atom. The molecule has 0 radical (unpaired) electrons. The predicted molar refractivity (Wildman–Crippen MR) is 95.8 cm³/mol. The number of hydrogen-bond donors (Lipinski definition) is 0. The van der Waals surface area contributed by atoms with Gasteiger partial charge < -0.3 is 9.32 Å². The normalized spacial score (nSPS) is 19.8. The lowest BCUT2D eigenvalue weighted by Crippen LogP contribution is -2.47. The fraction of sp³-hybridized carbons (Fsp3) is 0.421. The van der Waals surface area contributed by atoms with E-state index >= 15 is 0 Å². The first kappa shape index (κ1) is 15.7. The van der Waals surface area contributed by atoms with Crippen LogP contribution in [0.25, 0.3) is 6.08 Å². The highest BCUT2D eigenvalue weighted by Gasteiger charge is 2.28. The molecule has 4 rings (SSSR count). The van der Waals surface area contributed by atoms with E-state index in [9.17, 15) is 4.79 Å². The van der Waals surface area contributed by atoms with Gasteiger partial charge in [-0.1, -0.05) is 0 Å². The molecule has 5 heteroatoms. The zero-order valence-electron chi connectivity index (χ0n) is 13.7. The third-order valence-electron chi connectivity index (χ3n) is 5.06. The number of hydrogen-bond acceptors (Lipinski definition) is 4. The maximum Gasteiger partial charge on any atom is 0.246 e. The van der Waals surface area contributed by atoms with Crippen molar-refractivity contribution in [1.29, 1.82) is 0 Å². The molecule has 2 aliphatic rings. The smallest absolute Gasteiger partial charge is 0.246 e. The molecule has 4 heterocycles. The average molecular weight is 342 g/mol. The van der Waals surface area contributed by atoms with Crippen LogP contribution in [-0.2, 0) is 17.8 Å². The third-order valence-corrected chi connectivity index (χ3v) is 6.09. The van der Waals surface area contributed by atoms with Crippen molar-refractivity contribution < 1.29 is 9.21 Å². The lowest BCUT2D eigenvalue weighted by Gasteiger charge is -2.40. The molecule has 2 aliphatic heterocycles. The number of likely N-dealkylation sites (tertiary alicyclic amines) is 1. The van der Waals surface area contributed by atoms with Gasteiger partial charge in [0.15, 0.2) is 0 Å². The Morgan fingerprint density at radius 1 is 1.25 bits per heavy atom. The third kappa shape index (κ3) is 3.32. The van der Waals surface area contributed by atoms with Gasteiger partial charge in [-0.05, 0) is 54.5 Å². The molecule has 0 atom stereocenters. The molecule has 24 heavy (non-hydrogen) atoms. The number of piperidine rings is 1. The van der Waals surface area contributed by atoms with Crippen LogP contribution < -0.4 is 0 Å². The van der Waals surface area contributed by atoms with E-state index in [2.05, 4.69) is 16.3 Å². The van der Waals surface area contributed by atoms with Crippen LogP contribution in [0, 0.1) is 0 Å². The maximum absolute atomic E-state index is 12.3. The van der Waals surface area contributed by atoms with Crippen molar-refractivity contribution in [3.05, 3.63) is 52.1 Å². The molecule has 4 nitrogen and oxygen atoms in total. The van der Waals surface area contributed by atoms with Crippen molar-refractivity contribution in [2.45, 2.75) is 31.8 Å². The van der Waals surface area contributed by atoms with Crippen molar-refractivity contribution in [3.8, 4) is 0 Å². The van der Waals surface area contributed by atoms with Crippen LogP contribution in [0.4, 0.5) is 0 Å². The van der Waals surface area contributed by atoms with Gasteiger partial charge in [0.05, 0.1) is 6.26 Å². The quantitative estimate of drug-likeness (QED) is 0.802. The van der Waals surface area contributed by atoms with Gasteiger partial charge >= 0.3 is 0 Å². The molecule has 1 fully saturated rings. The second kappa shape index (κ2) is 6.95. The number of amides is 1. The lowest BCUT2D eigenvalue weighted by molar-refractivity contribution is -0.127. The fourth-order valence-electron chi connectivity index (χ4n) is 3.68. The summed E-state index contributed by atoms with van der Waals surface area (Å²) in [6, 6.07) is 6.55. The first-order chi connectivity index (χ1) is 11.8. The molecule has 1 amide bonds. The summed E-state index contributed by atoms with van der Waals surface area (Å²) < 4.78 is 5.23. The Morgan fingerprint density at radius 3 is 2.92 bits per heavy atom. The summed E-state index contributed by atoms with van der Waals surface area (Å²) in [4.78, 5) is 18.4. The summed E-state index contributed by atoms with van der Waals surface area (Å²) in [5, 5.41) is 2.21. The molecule has 0 bridgehead atoms. The highest BCUT2D eigenvalue weighted by atomic mass is 32.1. The van der Waals surface area contributed by atoms with Crippen LogP contribution in [-0.4, -0.2) is 41.4 Å². The summed E-state index contributed by atoms with van der Waals surface area (Å²) in [5.41, 5.74) is 1.51. The molecule has 2 aromatic rings. The number of nitrogens with zero attached hydrogens (tertiary/aromatic N) is 2. The van der Waals surface area contributed by atoms with Crippen molar-refractivity contribution in [2.75, 3.05) is 19.6 Å². The van der Waals surface area contributed by atoms with E-state index in [1.54, 1.807) is 23.3 Å². The highest BCUT2D eigenvalue weighted by molar-refractivity contribution is 7.10. The first-order valence-electron chi connectivity index (χ1n) is 8.59. The molecular formula is C19H22N2O2S. The SMILES string of the molecule is O=C(/C=C/c1ccco1)N1CCC(N2CCc3sccc3C2)CC1. The van der Waals surface area contributed by atoms with Crippen LogP contribution in [0.2, 0.25) is 0 Å². The Hall–Kier alpha value is -1.85. The molecule has 0 unspecified atom stereocenters. The van der Waals surface area contributed by atoms with Crippen molar-refractivity contribution in [2.24, 2.45) is 0 Å². The Labute approximate surface area is 146 Å². The van der Waals surface area contributed by atoms with Crippen LogP contribution in [0.1, 0.15) is 29.0 Å². The van der Waals surface area contributed by atoms with Crippen molar-refractivity contribution in [3.63, 3.8) is 0 Å². The average Bonchev–Trinajstić information content (AvgIpc) is 3.30. The number of furan rings is 1. The molecule has 0 N–H and O–H groups in total. The van der Waals surface area contributed by atoms with Gasteiger partial charge in [-0.15, -0.1) is 11.3 Å². The summed E-state index contributed by atoms with van der Waals surface area (Å²) >= 11 is 1.89. The van der Waals surface area contributed by atoms with Gasteiger partial charge in [0.2, 0.25) is 5.91 Å². The molecular weight excluding hydrogens is 320 g/mol. The number of carbonyl (C=O) groups is 1. The number of rotatable bonds is 3. The monoisotopic (exact) mass is 342 g/mol. The first-order valence-corrected chi connectivity index (χ1v) is 9.47. The Kier molecular flexibility index (Phi) is 4.54. The van der Waals surface area contributed by atoms with E-state index in [1.165, 1.54) is 12.0 Å². The van der Waals surface area contributed by atoms with Crippen LogP contribution in [0.15, 0.2) is 40.3 Å². The lowest BCUT2D eigenvalue weighted by atomic mass is 9.99. The van der Waals surface area contributed by atoms with E-state index in [0.717, 1.165) is 44.8 Å². The summed E-state index contributed by atoms with van der Waals surface area (Å²) in [7, 11) is 0. The fourth-order valence-corrected chi connectivity index (χ4v) is 4.57. The molecule has 2 aromatic heterocycles. The Balaban J connectivity index is 1.30. The van der Waals surface area contributed by atoms with E-state index in [1.807, 2.05) is 28.4 Å². The maximum atomic E-state index is 12.3. The van der Waals surface area contributed by atoms with Gasteiger partial charge in [-0.25, -0.2) is 0 Å². The number of carbonyl (C=O) groups excluding carboxylic acids is 1. The second-order valence-electron chi connectivity index (χ2n) is 6.49. The largest absolute Gasteiger partial charge is 0.465 e. The second-order valence-corrected chi connectivity index (χ2v) is 7.50. The van der Waals surface area contributed by atoms with E-state index in [0.29, 0.717) is 6.04 Å². The van der Waals surface area contributed by atoms with Gasteiger partial charge in [0.1, 0.15) is 5.76 Å². The minimum atomic E-state index is 0.0867. The minimum Gasteiger partial charge on any atom is -0.465 e. The standard InChI is InChI=1S/C19H22N2O2S/c22-19(4-3-17-2-1-12-23-17)20-9-5-16(6-10-20)21-11-7-18-15(14-21)8-13-24-18/h1-4,8,12-13,16H,5-7,9-11,14H2/b4-3+. The molecule has 0 saturated carbocycles. The molecule has 0 aromatic carbocycles.